The fourth-order valence-corrected chi connectivity index (χ4v) is 6.31. The second-order valence-electron chi connectivity index (χ2n) is 11.4. The first-order valence-electron chi connectivity index (χ1n) is 14.4. The number of aryl methyl sites for hydroxylation is 2. The van der Waals surface area contributed by atoms with Gasteiger partial charge in [-0.2, -0.15) is 4.98 Å². The van der Waals surface area contributed by atoms with E-state index in [0.29, 0.717) is 67.0 Å². The van der Waals surface area contributed by atoms with Crippen LogP contribution in [-0.4, -0.2) is 76.3 Å². The molecule has 0 bridgehead atoms. The van der Waals surface area contributed by atoms with Gasteiger partial charge in [0.25, 0.3) is 0 Å². The number of anilines is 2. The number of hydrogen-bond acceptors (Lipinski definition) is 7. The summed E-state index contributed by atoms with van der Waals surface area (Å²) in [7, 11) is 0. The average Bonchev–Trinajstić information content (AvgIpc) is 2.95. The Balaban J connectivity index is 1.75. The Hall–Kier alpha value is -3.43. The summed E-state index contributed by atoms with van der Waals surface area (Å²) in [6, 6.07) is 7.97. The Kier molecular flexibility index (Phi) is 8.12. The molecule has 9 nitrogen and oxygen atoms in total. The van der Waals surface area contributed by atoms with Crippen LogP contribution >= 0.6 is 11.6 Å². The number of piperazine rings is 1. The highest BCUT2D eigenvalue weighted by Gasteiger charge is 2.32. The number of halogens is 1. The predicted octanol–water partition coefficient (Wildman–Crippen LogP) is 4.40. The van der Waals surface area contributed by atoms with E-state index in [0.717, 1.165) is 29.7 Å². The van der Waals surface area contributed by atoms with Crippen molar-refractivity contribution in [2.75, 3.05) is 49.1 Å². The number of para-hydroxylation sites is 1. The van der Waals surface area contributed by atoms with E-state index in [9.17, 15) is 9.59 Å². The largest absolute Gasteiger partial charge is 0.372 e. The third-order valence-electron chi connectivity index (χ3n) is 8.08. The maximum absolute atomic E-state index is 14.1. The third-order valence-corrected chi connectivity index (χ3v) is 8.36. The van der Waals surface area contributed by atoms with Crippen LogP contribution in [0.3, 0.4) is 0 Å². The topological polar surface area (TPSA) is 83.8 Å². The van der Waals surface area contributed by atoms with Gasteiger partial charge in [-0.25, -0.2) is 14.3 Å². The molecule has 41 heavy (non-hydrogen) atoms. The maximum atomic E-state index is 14.1. The number of ether oxygens (including phenoxy) is 1. The number of fused-ring (bicyclic) bond motifs is 1. The Morgan fingerprint density at radius 1 is 1.15 bits per heavy atom. The molecule has 5 rings (SSSR count). The number of amides is 1. The van der Waals surface area contributed by atoms with Gasteiger partial charge in [-0.3, -0.25) is 4.79 Å². The lowest BCUT2D eigenvalue weighted by molar-refractivity contribution is -0.126. The summed E-state index contributed by atoms with van der Waals surface area (Å²) in [6.07, 6.45) is 2.85. The molecule has 2 aliphatic rings. The normalized spacial score (nSPS) is 19.1. The number of morpholine rings is 1. The lowest BCUT2D eigenvalue weighted by Gasteiger charge is -2.41. The number of carbonyl (C=O) groups is 1. The predicted molar refractivity (Wildman–Crippen MR) is 165 cm³/mol. The molecule has 1 aromatic carbocycles. The Morgan fingerprint density at radius 3 is 2.46 bits per heavy atom. The summed E-state index contributed by atoms with van der Waals surface area (Å²) >= 11 is 6.97. The van der Waals surface area contributed by atoms with E-state index < -0.39 is 0 Å². The zero-order chi connectivity index (χ0) is 29.5. The molecular formula is C31H39ClN6O3. The van der Waals surface area contributed by atoms with Crippen molar-refractivity contribution >= 4 is 40.2 Å². The molecular weight excluding hydrogens is 540 g/mol. The first-order chi connectivity index (χ1) is 19.6. The number of aromatic nitrogens is 3. The van der Waals surface area contributed by atoms with Crippen molar-refractivity contribution in [2.24, 2.45) is 0 Å². The van der Waals surface area contributed by atoms with Gasteiger partial charge >= 0.3 is 5.69 Å². The molecule has 1 atom stereocenters. The number of pyridine rings is 1. The molecule has 218 valence electrons. The fraction of sp³-hybridized carbons (Fsp3) is 0.484. The lowest BCUT2D eigenvalue weighted by atomic mass is 10.0. The van der Waals surface area contributed by atoms with Gasteiger partial charge in [0.15, 0.2) is 5.65 Å². The molecule has 0 N–H and O–H groups in total. The molecule has 2 aromatic heterocycles. The molecule has 0 aliphatic carbocycles. The van der Waals surface area contributed by atoms with E-state index in [-0.39, 0.29) is 23.2 Å². The van der Waals surface area contributed by atoms with Crippen molar-refractivity contribution in [2.45, 2.75) is 59.1 Å². The molecule has 0 radical (unpaired) electrons. The number of benzene rings is 1. The van der Waals surface area contributed by atoms with Crippen molar-refractivity contribution < 1.29 is 9.53 Å². The second-order valence-corrected chi connectivity index (χ2v) is 11.8. The number of hydrogen-bond donors (Lipinski definition) is 0. The van der Waals surface area contributed by atoms with Crippen LogP contribution in [0.1, 0.15) is 45.7 Å². The molecule has 0 saturated carbocycles. The first-order valence-corrected chi connectivity index (χ1v) is 14.8. The highest BCUT2D eigenvalue weighted by atomic mass is 35.5. The van der Waals surface area contributed by atoms with Crippen molar-refractivity contribution in [3.8, 4) is 5.69 Å². The second kappa shape index (κ2) is 11.4. The summed E-state index contributed by atoms with van der Waals surface area (Å²) in [6.45, 7) is 17.3. The molecule has 1 amide bonds. The molecule has 2 fully saturated rings. The van der Waals surface area contributed by atoms with Crippen LogP contribution in [0.25, 0.3) is 16.7 Å². The number of rotatable bonds is 6. The molecule has 3 aromatic rings. The minimum atomic E-state index is -0.386. The monoisotopic (exact) mass is 578 g/mol. The molecule has 0 unspecified atom stereocenters. The Labute approximate surface area is 246 Å². The molecule has 2 aliphatic heterocycles. The van der Waals surface area contributed by atoms with E-state index in [1.54, 1.807) is 9.47 Å². The van der Waals surface area contributed by atoms with Crippen molar-refractivity contribution in [1.82, 2.24) is 19.4 Å². The molecule has 4 heterocycles. The van der Waals surface area contributed by atoms with Gasteiger partial charge < -0.3 is 19.4 Å². The van der Waals surface area contributed by atoms with Crippen LogP contribution in [-0.2, 0) is 22.4 Å². The standard InChI is InChI=1S/C31H39ClN6O3/c1-7-21-11-10-12-22(8-2)26(21)38-28-23(17-24(32)29(33-28)36-15-16-41-31(5,6)19-36)27(34-30(38)40)37-14-13-35(18-20(37)4)25(39)9-3/h9-12,17,20H,3,7-8,13-16,18-19H2,1-2,4-6H3/t20-/m0/s1. The number of carbonyl (C=O) groups excluding carboxylic acids is 1. The van der Waals surface area contributed by atoms with Crippen LogP contribution in [0.15, 0.2) is 41.7 Å². The average molecular weight is 579 g/mol. The van der Waals surface area contributed by atoms with Gasteiger partial charge in [0.1, 0.15) is 11.6 Å². The third kappa shape index (κ3) is 5.45. The smallest absolute Gasteiger partial charge is 0.355 e. The summed E-state index contributed by atoms with van der Waals surface area (Å²) in [5, 5.41) is 1.20. The van der Waals surface area contributed by atoms with Crippen LogP contribution < -0.4 is 15.5 Å². The maximum Gasteiger partial charge on any atom is 0.355 e. The zero-order valence-electron chi connectivity index (χ0n) is 24.6. The van der Waals surface area contributed by atoms with Gasteiger partial charge in [0.2, 0.25) is 5.91 Å². The SMILES string of the molecule is C=CC(=O)N1CCN(c2nc(=O)n(-c3c(CC)cccc3CC)c3nc(N4CCOC(C)(C)C4)c(Cl)cc23)[C@@H](C)C1. The molecule has 10 heteroatoms. The highest BCUT2D eigenvalue weighted by Crippen LogP contribution is 2.36. The van der Waals surface area contributed by atoms with E-state index in [1.807, 2.05) is 19.1 Å². The quantitative estimate of drug-likeness (QED) is 0.401. The minimum absolute atomic E-state index is 0.0776. The van der Waals surface area contributed by atoms with Gasteiger partial charge in [-0.15, -0.1) is 0 Å². The van der Waals surface area contributed by atoms with E-state index >= 15 is 0 Å². The van der Waals surface area contributed by atoms with Gasteiger partial charge in [-0.1, -0.05) is 50.2 Å². The van der Waals surface area contributed by atoms with Crippen LogP contribution in [0.2, 0.25) is 5.02 Å². The minimum Gasteiger partial charge on any atom is -0.372 e. The van der Waals surface area contributed by atoms with E-state index in [4.69, 9.17) is 21.3 Å². The van der Waals surface area contributed by atoms with Crippen molar-refractivity contribution in [3.05, 3.63) is 63.6 Å². The Bertz CT molecular complexity index is 1530. The van der Waals surface area contributed by atoms with Crippen molar-refractivity contribution in [3.63, 3.8) is 0 Å². The number of nitrogens with zero attached hydrogens (tertiary/aromatic N) is 6. The summed E-state index contributed by atoms with van der Waals surface area (Å²) < 4.78 is 7.61. The van der Waals surface area contributed by atoms with Gasteiger partial charge in [0.05, 0.1) is 28.3 Å². The van der Waals surface area contributed by atoms with Gasteiger partial charge in [0, 0.05) is 38.8 Å². The highest BCUT2D eigenvalue weighted by molar-refractivity contribution is 6.33. The van der Waals surface area contributed by atoms with E-state index in [1.165, 1.54) is 6.08 Å². The fourth-order valence-electron chi connectivity index (χ4n) is 6.04. The van der Waals surface area contributed by atoms with E-state index in [2.05, 4.69) is 61.2 Å². The summed E-state index contributed by atoms with van der Waals surface area (Å²) in [5.41, 5.74) is 2.72. The molecule has 0 spiro atoms. The summed E-state index contributed by atoms with van der Waals surface area (Å²) in [5.74, 6) is 1.06. The zero-order valence-corrected chi connectivity index (χ0v) is 25.4. The lowest BCUT2D eigenvalue weighted by Crippen LogP contribution is -2.54. The van der Waals surface area contributed by atoms with Crippen LogP contribution in [0, 0.1) is 0 Å². The first kappa shape index (κ1) is 29.1. The van der Waals surface area contributed by atoms with Gasteiger partial charge in [-0.05, 0) is 56.9 Å². The summed E-state index contributed by atoms with van der Waals surface area (Å²) in [4.78, 5) is 42.2. The van der Waals surface area contributed by atoms with Crippen LogP contribution in [0.5, 0.6) is 0 Å². The molecule has 2 saturated heterocycles. The van der Waals surface area contributed by atoms with Crippen LogP contribution in [0.4, 0.5) is 11.6 Å². The van der Waals surface area contributed by atoms with Crippen molar-refractivity contribution in [1.29, 1.82) is 0 Å². The Morgan fingerprint density at radius 2 is 1.85 bits per heavy atom.